The average Bonchev–Trinajstić information content (AvgIpc) is 2.88. The molecule has 2 amide bonds. The number of nitro benzene ring substituents is 1. The molecular weight excluding hydrogens is 508 g/mol. The van der Waals surface area contributed by atoms with Crippen LogP contribution in [0.3, 0.4) is 0 Å². The molecule has 0 aromatic heterocycles. The number of hydrogen-bond donors (Lipinski definition) is 1. The summed E-state index contributed by atoms with van der Waals surface area (Å²) in [6.07, 6.45) is 6.29. The van der Waals surface area contributed by atoms with Crippen LogP contribution in [0.1, 0.15) is 56.6 Å². The van der Waals surface area contributed by atoms with E-state index in [0.29, 0.717) is 6.42 Å². The summed E-state index contributed by atoms with van der Waals surface area (Å²) in [5.41, 5.74) is 1.56. The third kappa shape index (κ3) is 7.77. The van der Waals surface area contributed by atoms with Crippen molar-refractivity contribution in [1.29, 1.82) is 0 Å². The van der Waals surface area contributed by atoms with Crippen molar-refractivity contribution < 1.29 is 22.9 Å². The van der Waals surface area contributed by atoms with Gasteiger partial charge in [-0.05, 0) is 37.8 Å². The minimum atomic E-state index is -3.98. The van der Waals surface area contributed by atoms with E-state index in [1.54, 1.807) is 0 Å². The highest BCUT2D eigenvalue weighted by molar-refractivity contribution is 7.92. The SMILES string of the molecule is CC[C@@H](C(=O)NC1CCCCC1)N(Cc1ccc(C)cc1)C(=O)CN(c1cccc([N+](=O)[O-])c1)S(C)(=O)=O. The van der Waals surface area contributed by atoms with Gasteiger partial charge in [0.05, 0.1) is 16.9 Å². The molecule has 1 saturated carbocycles. The summed E-state index contributed by atoms with van der Waals surface area (Å²) in [5, 5.41) is 14.4. The number of carbonyl (C=O) groups excluding carboxylic acids is 2. The molecule has 1 fully saturated rings. The number of hydrogen-bond acceptors (Lipinski definition) is 6. The van der Waals surface area contributed by atoms with Crippen LogP contribution in [0.5, 0.6) is 0 Å². The van der Waals surface area contributed by atoms with Gasteiger partial charge >= 0.3 is 0 Å². The number of carbonyl (C=O) groups is 2. The van der Waals surface area contributed by atoms with E-state index in [-0.39, 0.29) is 29.9 Å². The van der Waals surface area contributed by atoms with Crippen molar-refractivity contribution in [3.8, 4) is 0 Å². The molecule has 0 saturated heterocycles. The fourth-order valence-corrected chi connectivity index (χ4v) is 5.57. The molecule has 0 bridgehead atoms. The second kappa shape index (κ2) is 12.9. The van der Waals surface area contributed by atoms with E-state index in [0.717, 1.165) is 59.9 Å². The van der Waals surface area contributed by atoms with Gasteiger partial charge in [-0.15, -0.1) is 0 Å². The van der Waals surface area contributed by atoms with E-state index in [1.165, 1.54) is 23.1 Å². The Morgan fingerprint density at radius 3 is 2.34 bits per heavy atom. The first-order chi connectivity index (χ1) is 18.0. The van der Waals surface area contributed by atoms with Crippen molar-refractivity contribution in [1.82, 2.24) is 10.2 Å². The van der Waals surface area contributed by atoms with E-state index in [9.17, 15) is 28.1 Å². The Kier molecular flexibility index (Phi) is 9.84. The van der Waals surface area contributed by atoms with E-state index in [2.05, 4.69) is 5.32 Å². The summed E-state index contributed by atoms with van der Waals surface area (Å²) < 4.78 is 26.3. The molecule has 38 heavy (non-hydrogen) atoms. The highest BCUT2D eigenvalue weighted by Crippen LogP contribution is 2.24. The normalized spacial score (nSPS) is 14.9. The number of nitrogens with zero attached hydrogens (tertiary/aromatic N) is 3. The molecule has 3 rings (SSSR count). The Morgan fingerprint density at radius 1 is 1.11 bits per heavy atom. The van der Waals surface area contributed by atoms with Crippen LogP contribution in [0.25, 0.3) is 0 Å². The van der Waals surface area contributed by atoms with Crippen LogP contribution in [0.15, 0.2) is 48.5 Å². The fourth-order valence-electron chi connectivity index (χ4n) is 4.73. The third-order valence-electron chi connectivity index (χ3n) is 6.82. The van der Waals surface area contributed by atoms with E-state index < -0.39 is 33.4 Å². The van der Waals surface area contributed by atoms with Crippen molar-refractivity contribution in [2.45, 2.75) is 71.0 Å². The zero-order valence-electron chi connectivity index (χ0n) is 22.1. The maximum absolute atomic E-state index is 13.8. The Labute approximate surface area is 224 Å². The van der Waals surface area contributed by atoms with Gasteiger partial charge in [-0.3, -0.25) is 24.0 Å². The van der Waals surface area contributed by atoms with E-state index in [4.69, 9.17) is 0 Å². The summed E-state index contributed by atoms with van der Waals surface area (Å²) in [4.78, 5) is 39.2. The van der Waals surface area contributed by atoms with Crippen LogP contribution in [0.2, 0.25) is 0 Å². The molecule has 10 nitrogen and oxygen atoms in total. The molecule has 2 aromatic rings. The first-order valence-electron chi connectivity index (χ1n) is 12.9. The Balaban J connectivity index is 1.93. The first kappa shape index (κ1) is 29.1. The first-order valence-corrected chi connectivity index (χ1v) is 14.7. The number of benzene rings is 2. The highest BCUT2D eigenvalue weighted by Gasteiger charge is 2.33. The van der Waals surface area contributed by atoms with Gasteiger partial charge in [0, 0.05) is 24.7 Å². The van der Waals surface area contributed by atoms with Crippen LogP contribution >= 0.6 is 0 Å². The van der Waals surface area contributed by atoms with Gasteiger partial charge in [0.15, 0.2) is 0 Å². The molecule has 0 heterocycles. The average molecular weight is 545 g/mol. The van der Waals surface area contributed by atoms with Crippen LogP contribution in [-0.4, -0.2) is 54.9 Å². The van der Waals surface area contributed by atoms with Crippen LogP contribution < -0.4 is 9.62 Å². The summed E-state index contributed by atoms with van der Waals surface area (Å²) in [5.74, 6) is -0.839. The monoisotopic (exact) mass is 544 g/mol. The van der Waals surface area contributed by atoms with Gasteiger partial charge in [0.1, 0.15) is 12.6 Å². The summed E-state index contributed by atoms with van der Waals surface area (Å²) >= 11 is 0. The highest BCUT2D eigenvalue weighted by atomic mass is 32.2. The number of aryl methyl sites for hydroxylation is 1. The summed E-state index contributed by atoms with van der Waals surface area (Å²) in [6.45, 7) is 3.28. The van der Waals surface area contributed by atoms with Crippen LogP contribution in [-0.2, 0) is 26.2 Å². The van der Waals surface area contributed by atoms with Crippen LogP contribution in [0, 0.1) is 17.0 Å². The van der Waals surface area contributed by atoms with Crippen molar-refractivity contribution in [3.63, 3.8) is 0 Å². The molecule has 1 atom stereocenters. The molecule has 206 valence electrons. The predicted octanol–water partition coefficient (Wildman–Crippen LogP) is 3.93. The Hall–Kier alpha value is -3.47. The number of rotatable bonds is 11. The second-order valence-corrected chi connectivity index (χ2v) is 11.7. The predicted molar refractivity (Wildman–Crippen MR) is 146 cm³/mol. The van der Waals surface area contributed by atoms with Crippen LogP contribution in [0.4, 0.5) is 11.4 Å². The molecule has 0 aliphatic heterocycles. The molecule has 1 aliphatic carbocycles. The fraction of sp³-hybridized carbons (Fsp3) is 0.481. The van der Waals surface area contributed by atoms with Crippen molar-refractivity contribution >= 4 is 33.2 Å². The summed E-state index contributed by atoms with van der Waals surface area (Å²) in [7, 11) is -3.98. The van der Waals surface area contributed by atoms with Crippen molar-refractivity contribution in [2.75, 3.05) is 17.1 Å². The van der Waals surface area contributed by atoms with Gasteiger partial charge in [0.25, 0.3) is 5.69 Å². The van der Waals surface area contributed by atoms with Gasteiger partial charge in [0.2, 0.25) is 21.8 Å². The van der Waals surface area contributed by atoms with Gasteiger partial charge in [-0.1, -0.05) is 62.1 Å². The Bertz CT molecular complexity index is 1240. The molecule has 1 N–H and O–H groups in total. The van der Waals surface area contributed by atoms with Gasteiger partial charge < -0.3 is 10.2 Å². The largest absolute Gasteiger partial charge is 0.352 e. The second-order valence-electron chi connectivity index (χ2n) is 9.82. The third-order valence-corrected chi connectivity index (χ3v) is 7.96. The van der Waals surface area contributed by atoms with E-state index >= 15 is 0 Å². The topological polar surface area (TPSA) is 130 Å². The van der Waals surface area contributed by atoms with Crippen molar-refractivity contribution in [2.24, 2.45) is 0 Å². The quantitative estimate of drug-likeness (QED) is 0.337. The smallest absolute Gasteiger partial charge is 0.271 e. The lowest BCUT2D eigenvalue weighted by Crippen LogP contribution is -2.53. The lowest BCUT2D eigenvalue weighted by atomic mass is 9.95. The molecule has 2 aromatic carbocycles. The molecule has 0 radical (unpaired) electrons. The number of sulfonamides is 1. The maximum Gasteiger partial charge on any atom is 0.271 e. The maximum atomic E-state index is 13.8. The molecule has 1 aliphatic rings. The zero-order valence-corrected chi connectivity index (χ0v) is 22.9. The van der Waals surface area contributed by atoms with Gasteiger partial charge in [-0.2, -0.15) is 0 Å². The molecular formula is C27H36N4O6S. The zero-order chi connectivity index (χ0) is 27.9. The lowest BCUT2D eigenvalue weighted by molar-refractivity contribution is -0.384. The number of anilines is 1. The molecule has 0 spiro atoms. The minimum absolute atomic E-state index is 0.00467. The Morgan fingerprint density at radius 2 is 1.76 bits per heavy atom. The van der Waals surface area contributed by atoms with Crippen molar-refractivity contribution in [3.05, 3.63) is 69.8 Å². The van der Waals surface area contributed by atoms with Gasteiger partial charge in [-0.25, -0.2) is 8.42 Å². The molecule has 0 unspecified atom stereocenters. The number of amides is 2. The number of non-ortho nitro benzene ring substituents is 1. The number of nitro groups is 1. The minimum Gasteiger partial charge on any atom is -0.352 e. The standard InChI is InChI=1S/C27H36N4O6S/c1-4-25(27(33)28-22-9-6-5-7-10-22)29(18-21-15-13-20(2)14-16-21)26(32)19-30(38(3,36)37)23-11-8-12-24(17-23)31(34)35/h8,11-17,22,25H,4-7,9-10,18-19H2,1-3H3,(H,28,33)/t25-/m0/s1. The number of nitrogens with one attached hydrogen (secondary N) is 1. The summed E-state index contributed by atoms with van der Waals surface area (Å²) in [6, 6.07) is 11.9. The van der Waals surface area contributed by atoms with E-state index in [1.807, 2.05) is 38.1 Å². The molecule has 11 heteroatoms. The lowest BCUT2D eigenvalue weighted by Gasteiger charge is -2.34.